The normalized spacial score (nSPS) is 15.0. The van der Waals surface area contributed by atoms with Crippen LogP contribution in [0.2, 0.25) is 0 Å². The molecule has 1 aliphatic rings. The van der Waals surface area contributed by atoms with Crippen LogP contribution >= 0.6 is 0 Å². The first-order valence-corrected chi connectivity index (χ1v) is 12.0. The lowest BCUT2D eigenvalue weighted by Crippen LogP contribution is -2.52. The van der Waals surface area contributed by atoms with Crippen molar-refractivity contribution in [2.75, 3.05) is 32.7 Å². The Hall–Kier alpha value is -3.39. The number of rotatable bonds is 8. The average molecular weight is 469 g/mol. The number of piperazine rings is 1. The third kappa shape index (κ3) is 5.34. The minimum absolute atomic E-state index is 0.00431. The largest absolute Gasteiger partial charge is 0.468 e. The summed E-state index contributed by atoms with van der Waals surface area (Å²) in [4.78, 5) is 16.6. The molecule has 0 radical (unpaired) electrons. The van der Waals surface area contributed by atoms with Crippen LogP contribution in [0, 0.1) is 11.3 Å². The quantitative estimate of drug-likeness (QED) is 0.499. The van der Waals surface area contributed by atoms with Crippen molar-refractivity contribution >= 4 is 15.9 Å². The summed E-state index contributed by atoms with van der Waals surface area (Å²) >= 11 is 0. The van der Waals surface area contributed by atoms with Crippen LogP contribution in [0.25, 0.3) is 0 Å². The molecule has 3 heterocycles. The predicted octanol–water partition coefficient (Wildman–Crippen LogP) is 2.28. The first-order valence-electron chi connectivity index (χ1n) is 10.5. The number of carbonyl (C=O) groups is 1. The van der Waals surface area contributed by atoms with E-state index in [9.17, 15) is 18.5 Å². The average Bonchev–Trinajstić information content (AvgIpc) is 3.53. The summed E-state index contributed by atoms with van der Waals surface area (Å²) < 4.78 is 38.2. The van der Waals surface area contributed by atoms with Crippen LogP contribution in [0.5, 0.6) is 0 Å². The van der Waals surface area contributed by atoms with Gasteiger partial charge in [-0.2, -0.15) is 9.57 Å². The van der Waals surface area contributed by atoms with Gasteiger partial charge in [0.2, 0.25) is 15.9 Å². The molecule has 1 aliphatic heterocycles. The molecule has 1 fully saturated rings. The van der Waals surface area contributed by atoms with Gasteiger partial charge in [0.1, 0.15) is 17.6 Å². The van der Waals surface area contributed by atoms with Crippen molar-refractivity contribution in [3.63, 3.8) is 0 Å². The lowest BCUT2D eigenvalue weighted by Gasteiger charge is -2.35. The Labute approximate surface area is 192 Å². The van der Waals surface area contributed by atoms with Crippen LogP contribution in [0.15, 0.2) is 74.8 Å². The molecule has 1 amide bonds. The molecule has 2 aromatic heterocycles. The molecular weight excluding hydrogens is 444 g/mol. The van der Waals surface area contributed by atoms with Gasteiger partial charge in [0.05, 0.1) is 42.6 Å². The summed E-state index contributed by atoms with van der Waals surface area (Å²) in [6.45, 7) is 1.93. The van der Waals surface area contributed by atoms with E-state index in [1.807, 2.05) is 23.1 Å². The molecule has 0 spiro atoms. The lowest BCUT2D eigenvalue weighted by atomic mass is 10.2. The number of nitrogens with zero attached hydrogens (tertiary/aromatic N) is 4. The second-order valence-corrected chi connectivity index (χ2v) is 9.60. The Bertz CT molecular complexity index is 1170. The first kappa shape index (κ1) is 22.8. The number of benzene rings is 1. The van der Waals surface area contributed by atoms with Crippen molar-refractivity contribution in [3.05, 3.63) is 78.1 Å². The van der Waals surface area contributed by atoms with Crippen molar-refractivity contribution < 1.29 is 22.0 Å². The summed E-state index contributed by atoms with van der Waals surface area (Å²) in [5.41, 5.74) is 0.113. The zero-order valence-corrected chi connectivity index (χ0v) is 18.8. The highest BCUT2D eigenvalue weighted by Crippen LogP contribution is 2.21. The van der Waals surface area contributed by atoms with Crippen LogP contribution in [-0.2, 0) is 27.9 Å². The molecule has 3 aromatic rings. The second kappa shape index (κ2) is 10.0. The van der Waals surface area contributed by atoms with Crippen molar-refractivity contribution in [3.8, 4) is 6.07 Å². The van der Waals surface area contributed by atoms with Crippen molar-refractivity contribution in [1.82, 2.24) is 14.1 Å². The summed E-state index contributed by atoms with van der Waals surface area (Å²) in [6, 6.07) is 15.4. The topological polar surface area (TPSA) is 111 Å². The fourth-order valence-corrected chi connectivity index (χ4v) is 5.37. The standard InChI is InChI=1S/C23H24N4O5S/c24-15-19-5-1-2-8-22(19)33(29,30)27-11-9-26(10-12-27)23(28)18-25(16-20-6-3-13-31-20)17-21-7-4-14-32-21/h1-8,13-14H,9-12,16-18H2. The molecule has 10 heteroatoms. The maximum absolute atomic E-state index is 13.0. The monoisotopic (exact) mass is 468 g/mol. The first-order chi connectivity index (χ1) is 16.0. The Morgan fingerprint density at radius 2 is 1.55 bits per heavy atom. The second-order valence-electron chi connectivity index (χ2n) is 7.70. The zero-order valence-electron chi connectivity index (χ0n) is 18.0. The van der Waals surface area contributed by atoms with Crippen LogP contribution in [0.4, 0.5) is 0 Å². The molecule has 0 saturated carbocycles. The van der Waals surface area contributed by atoms with Gasteiger partial charge in [0, 0.05) is 26.2 Å². The minimum atomic E-state index is -3.81. The van der Waals surface area contributed by atoms with Crippen LogP contribution in [0.1, 0.15) is 17.1 Å². The van der Waals surface area contributed by atoms with Gasteiger partial charge in [-0.05, 0) is 36.4 Å². The van der Waals surface area contributed by atoms with Crippen molar-refractivity contribution in [2.45, 2.75) is 18.0 Å². The maximum Gasteiger partial charge on any atom is 0.244 e. The Kier molecular flexibility index (Phi) is 6.93. The van der Waals surface area contributed by atoms with Gasteiger partial charge in [0.15, 0.2) is 0 Å². The number of hydrogen-bond acceptors (Lipinski definition) is 7. The molecule has 0 atom stereocenters. The summed E-state index contributed by atoms with van der Waals surface area (Å²) in [5, 5.41) is 9.26. The smallest absolute Gasteiger partial charge is 0.244 e. The number of hydrogen-bond donors (Lipinski definition) is 0. The van der Waals surface area contributed by atoms with Gasteiger partial charge in [0.25, 0.3) is 0 Å². The van der Waals surface area contributed by atoms with Gasteiger partial charge in [-0.1, -0.05) is 12.1 Å². The highest BCUT2D eigenvalue weighted by Gasteiger charge is 2.32. The molecule has 4 rings (SSSR count). The van der Waals surface area contributed by atoms with E-state index in [2.05, 4.69) is 0 Å². The zero-order chi connectivity index (χ0) is 23.3. The van der Waals surface area contributed by atoms with E-state index in [1.54, 1.807) is 41.7 Å². The summed E-state index contributed by atoms with van der Waals surface area (Å²) in [7, 11) is -3.81. The van der Waals surface area contributed by atoms with Gasteiger partial charge < -0.3 is 13.7 Å². The number of carbonyl (C=O) groups excluding carboxylic acids is 1. The number of amides is 1. The maximum atomic E-state index is 13.0. The van der Waals surface area contributed by atoms with Crippen molar-refractivity contribution in [2.24, 2.45) is 0 Å². The van der Waals surface area contributed by atoms with E-state index >= 15 is 0 Å². The van der Waals surface area contributed by atoms with Gasteiger partial charge in [-0.25, -0.2) is 8.42 Å². The number of sulfonamides is 1. The highest BCUT2D eigenvalue weighted by molar-refractivity contribution is 7.89. The Morgan fingerprint density at radius 3 is 2.09 bits per heavy atom. The predicted molar refractivity (Wildman–Crippen MR) is 118 cm³/mol. The Balaban J connectivity index is 1.39. The number of nitriles is 1. The fraction of sp³-hybridized carbons (Fsp3) is 0.304. The molecule has 33 heavy (non-hydrogen) atoms. The molecule has 9 nitrogen and oxygen atoms in total. The van der Waals surface area contributed by atoms with Crippen LogP contribution in [0.3, 0.4) is 0 Å². The van der Waals surface area contributed by atoms with Crippen molar-refractivity contribution in [1.29, 1.82) is 5.26 Å². The van der Waals surface area contributed by atoms with E-state index < -0.39 is 10.0 Å². The third-order valence-electron chi connectivity index (χ3n) is 5.49. The highest BCUT2D eigenvalue weighted by atomic mass is 32.2. The lowest BCUT2D eigenvalue weighted by molar-refractivity contribution is -0.134. The fourth-order valence-electron chi connectivity index (χ4n) is 3.81. The molecule has 1 saturated heterocycles. The third-order valence-corrected chi connectivity index (χ3v) is 7.45. The van der Waals surface area contributed by atoms with E-state index in [1.165, 1.54) is 16.4 Å². The molecule has 0 aliphatic carbocycles. The molecule has 0 unspecified atom stereocenters. The molecule has 0 bridgehead atoms. The van der Waals surface area contributed by atoms with Gasteiger partial charge in [-0.3, -0.25) is 9.69 Å². The number of furan rings is 2. The van der Waals surface area contributed by atoms with E-state index in [4.69, 9.17) is 8.83 Å². The van der Waals surface area contributed by atoms with E-state index in [-0.39, 0.29) is 49.1 Å². The summed E-state index contributed by atoms with van der Waals surface area (Å²) in [5.74, 6) is 1.38. The van der Waals surface area contributed by atoms with E-state index in [0.29, 0.717) is 13.1 Å². The van der Waals surface area contributed by atoms with E-state index in [0.717, 1.165) is 11.5 Å². The molecule has 1 aromatic carbocycles. The molecule has 172 valence electrons. The molecular formula is C23H24N4O5S. The van der Waals surface area contributed by atoms with Crippen LogP contribution < -0.4 is 0 Å². The SMILES string of the molecule is N#Cc1ccccc1S(=O)(=O)N1CCN(C(=O)CN(Cc2ccco2)Cc2ccco2)CC1. The minimum Gasteiger partial charge on any atom is -0.468 e. The Morgan fingerprint density at radius 1 is 0.939 bits per heavy atom. The molecule has 0 N–H and O–H groups in total. The van der Waals surface area contributed by atoms with Crippen LogP contribution in [-0.4, -0.2) is 61.2 Å². The van der Waals surface area contributed by atoms with Gasteiger partial charge >= 0.3 is 0 Å². The van der Waals surface area contributed by atoms with Gasteiger partial charge in [-0.15, -0.1) is 0 Å². The summed E-state index contributed by atoms with van der Waals surface area (Å²) in [6.07, 6.45) is 3.18.